The van der Waals surface area contributed by atoms with Gasteiger partial charge in [-0.3, -0.25) is 4.98 Å². The molecule has 1 aliphatic rings. The molecule has 0 aliphatic carbocycles. The highest BCUT2D eigenvalue weighted by molar-refractivity contribution is 7.91. The molecule has 2 rings (SSSR count). The van der Waals surface area contributed by atoms with E-state index >= 15 is 0 Å². The molecule has 1 aromatic rings. The molecule has 2 N–H and O–H groups in total. The van der Waals surface area contributed by atoms with Crippen LogP contribution >= 0.6 is 0 Å². The molecule has 1 aliphatic heterocycles. The van der Waals surface area contributed by atoms with E-state index in [0.29, 0.717) is 13.0 Å². The molecule has 1 saturated heterocycles. The Labute approximate surface area is 95.8 Å². The SMILES string of the molecule is NCC1(c2cccnc2)CCCS(=O)(=O)C1. The molecule has 2 heterocycles. The summed E-state index contributed by atoms with van der Waals surface area (Å²) in [5.74, 6) is 0.442. The Hall–Kier alpha value is -0.940. The highest BCUT2D eigenvalue weighted by atomic mass is 32.2. The van der Waals surface area contributed by atoms with Gasteiger partial charge < -0.3 is 5.73 Å². The van der Waals surface area contributed by atoms with Crippen molar-refractivity contribution in [2.24, 2.45) is 5.73 Å². The maximum atomic E-state index is 11.7. The monoisotopic (exact) mass is 240 g/mol. The van der Waals surface area contributed by atoms with Gasteiger partial charge in [0.15, 0.2) is 9.84 Å². The second-order valence-corrected chi connectivity index (χ2v) is 6.61. The van der Waals surface area contributed by atoms with Crippen LogP contribution in [0.25, 0.3) is 0 Å². The van der Waals surface area contributed by atoms with Crippen LogP contribution in [0.5, 0.6) is 0 Å². The summed E-state index contributed by atoms with van der Waals surface area (Å²) < 4.78 is 23.4. The van der Waals surface area contributed by atoms with Gasteiger partial charge in [-0.15, -0.1) is 0 Å². The van der Waals surface area contributed by atoms with Gasteiger partial charge in [0.05, 0.1) is 11.5 Å². The lowest BCUT2D eigenvalue weighted by atomic mass is 9.79. The summed E-state index contributed by atoms with van der Waals surface area (Å²) in [6, 6.07) is 3.74. The van der Waals surface area contributed by atoms with E-state index in [4.69, 9.17) is 5.73 Å². The molecule has 1 aromatic heterocycles. The lowest BCUT2D eigenvalue weighted by Gasteiger charge is -2.35. The molecular formula is C11H16N2O2S. The number of sulfone groups is 1. The Bertz CT molecular complexity index is 458. The average Bonchev–Trinajstić information content (AvgIpc) is 2.29. The zero-order chi connectivity index (χ0) is 11.6. The topological polar surface area (TPSA) is 73.0 Å². The van der Waals surface area contributed by atoms with Gasteiger partial charge in [-0.05, 0) is 24.5 Å². The summed E-state index contributed by atoms with van der Waals surface area (Å²) in [7, 11) is -2.96. The van der Waals surface area contributed by atoms with Crippen LogP contribution in [0.1, 0.15) is 18.4 Å². The first kappa shape index (κ1) is 11.5. The van der Waals surface area contributed by atoms with Crippen molar-refractivity contribution in [1.29, 1.82) is 0 Å². The van der Waals surface area contributed by atoms with E-state index in [0.717, 1.165) is 12.0 Å². The zero-order valence-electron chi connectivity index (χ0n) is 9.09. The Morgan fingerprint density at radius 2 is 2.31 bits per heavy atom. The van der Waals surface area contributed by atoms with E-state index in [9.17, 15) is 8.42 Å². The molecule has 16 heavy (non-hydrogen) atoms. The van der Waals surface area contributed by atoms with Gasteiger partial charge in [0.2, 0.25) is 0 Å². The third-order valence-electron chi connectivity index (χ3n) is 3.27. The smallest absolute Gasteiger partial charge is 0.151 e. The van der Waals surface area contributed by atoms with Crippen molar-refractivity contribution in [3.63, 3.8) is 0 Å². The normalized spacial score (nSPS) is 28.8. The van der Waals surface area contributed by atoms with Gasteiger partial charge >= 0.3 is 0 Å². The molecule has 0 spiro atoms. The van der Waals surface area contributed by atoms with E-state index in [2.05, 4.69) is 4.98 Å². The summed E-state index contributed by atoms with van der Waals surface area (Å²) in [5.41, 5.74) is 6.32. The molecule has 0 bridgehead atoms. The number of hydrogen-bond donors (Lipinski definition) is 1. The molecule has 88 valence electrons. The van der Waals surface area contributed by atoms with Crippen LogP contribution in [0.3, 0.4) is 0 Å². The van der Waals surface area contributed by atoms with Crippen LogP contribution in [-0.4, -0.2) is 31.5 Å². The lowest BCUT2D eigenvalue weighted by Crippen LogP contribution is -2.45. The van der Waals surface area contributed by atoms with E-state index in [1.165, 1.54) is 0 Å². The minimum Gasteiger partial charge on any atom is -0.330 e. The van der Waals surface area contributed by atoms with Gasteiger partial charge in [0, 0.05) is 24.4 Å². The Morgan fingerprint density at radius 1 is 1.50 bits per heavy atom. The standard InChI is InChI=1S/C11H16N2O2S/c12-8-11(10-3-1-5-13-7-10)4-2-6-16(14,15)9-11/h1,3,5,7H,2,4,6,8-9,12H2. The molecule has 1 unspecified atom stereocenters. The van der Waals surface area contributed by atoms with E-state index < -0.39 is 15.3 Å². The van der Waals surface area contributed by atoms with Gasteiger partial charge in [-0.2, -0.15) is 0 Å². The maximum absolute atomic E-state index is 11.7. The molecule has 0 saturated carbocycles. The molecule has 4 nitrogen and oxygen atoms in total. The van der Waals surface area contributed by atoms with Crippen LogP contribution in [0.2, 0.25) is 0 Å². The first-order valence-corrected chi connectivity index (χ1v) is 7.21. The first-order chi connectivity index (χ1) is 7.58. The highest BCUT2D eigenvalue weighted by Crippen LogP contribution is 2.33. The van der Waals surface area contributed by atoms with Crippen LogP contribution in [0.15, 0.2) is 24.5 Å². The minimum atomic E-state index is -2.96. The molecule has 1 atom stereocenters. The highest BCUT2D eigenvalue weighted by Gasteiger charge is 2.39. The summed E-state index contributed by atoms with van der Waals surface area (Å²) in [5, 5.41) is 0. The molecular weight excluding hydrogens is 224 g/mol. The van der Waals surface area contributed by atoms with Crippen molar-refractivity contribution < 1.29 is 8.42 Å². The number of nitrogens with two attached hydrogens (primary N) is 1. The number of hydrogen-bond acceptors (Lipinski definition) is 4. The fourth-order valence-corrected chi connectivity index (χ4v) is 4.38. The van der Waals surface area contributed by atoms with Crippen LogP contribution in [0, 0.1) is 0 Å². The van der Waals surface area contributed by atoms with Gasteiger partial charge in [0.1, 0.15) is 0 Å². The van der Waals surface area contributed by atoms with Gasteiger partial charge in [-0.25, -0.2) is 8.42 Å². The van der Waals surface area contributed by atoms with E-state index in [1.54, 1.807) is 12.4 Å². The second-order valence-electron chi connectivity index (χ2n) is 4.42. The van der Waals surface area contributed by atoms with Gasteiger partial charge in [-0.1, -0.05) is 6.07 Å². The first-order valence-electron chi connectivity index (χ1n) is 5.39. The van der Waals surface area contributed by atoms with Crippen molar-refractivity contribution in [3.8, 4) is 0 Å². The number of pyridine rings is 1. The summed E-state index contributed by atoms with van der Waals surface area (Å²) in [6.45, 7) is 0.359. The minimum absolute atomic E-state index is 0.155. The summed E-state index contributed by atoms with van der Waals surface area (Å²) in [4.78, 5) is 4.05. The van der Waals surface area contributed by atoms with Crippen molar-refractivity contribution >= 4 is 9.84 Å². The third kappa shape index (κ3) is 2.10. The second kappa shape index (κ2) is 4.14. The number of aromatic nitrogens is 1. The average molecular weight is 240 g/mol. The maximum Gasteiger partial charge on any atom is 0.151 e. The van der Waals surface area contributed by atoms with Crippen molar-refractivity contribution in [1.82, 2.24) is 4.98 Å². The van der Waals surface area contributed by atoms with Gasteiger partial charge in [0.25, 0.3) is 0 Å². The molecule has 1 fully saturated rings. The predicted molar refractivity (Wildman–Crippen MR) is 62.9 cm³/mol. The number of nitrogens with zero attached hydrogens (tertiary/aromatic N) is 1. The van der Waals surface area contributed by atoms with Crippen LogP contribution < -0.4 is 5.73 Å². The summed E-state index contributed by atoms with van der Waals surface area (Å²) in [6.07, 6.45) is 4.93. The molecule has 5 heteroatoms. The number of rotatable bonds is 2. The van der Waals surface area contributed by atoms with Crippen molar-refractivity contribution in [2.75, 3.05) is 18.1 Å². The largest absolute Gasteiger partial charge is 0.330 e. The third-order valence-corrected chi connectivity index (χ3v) is 5.17. The van der Waals surface area contributed by atoms with Crippen LogP contribution in [-0.2, 0) is 15.3 Å². The zero-order valence-corrected chi connectivity index (χ0v) is 9.91. The lowest BCUT2D eigenvalue weighted by molar-refractivity contribution is 0.417. The fraction of sp³-hybridized carbons (Fsp3) is 0.545. The molecule has 0 aromatic carbocycles. The van der Waals surface area contributed by atoms with E-state index in [-0.39, 0.29) is 11.5 Å². The summed E-state index contributed by atoms with van der Waals surface area (Å²) >= 11 is 0. The Morgan fingerprint density at radius 3 is 2.88 bits per heavy atom. The van der Waals surface area contributed by atoms with E-state index in [1.807, 2.05) is 12.1 Å². The fourth-order valence-electron chi connectivity index (χ4n) is 2.38. The Kier molecular flexibility index (Phi) is 2.99. The predicted octanol–water partition coefficient (Wildman–Crippen LogP) is 0.487. The quantitative estimate of drug-likeness (QED) is 0.816. The molecule has 0 radical (unpaired) electrons. The van der Waals surface area contributed by atoms with Crippen molar-refractivity contribution in [3.05, 3.63) is 30.1 Å². The Balaban J connectivity index is 2.40. The molecule has 0 amide bonds. The van der Waals surface area contributed by atoms with Crippen molar-refractivity contribution in [2.45, 2.75) is 18.3 Å². The van der Waals surface area contributed by atoms with Crippen LogP contribution in [0.4, 0.5) is 0 Å².